The lowest BCUT2D eigenvalue weighted by atomic mass is 10.1. The number of rotatable bonds is 4. The average Bonchev–Trinajstić information content (AvgIpc) is 2.53. The number of carbonyl (C=O) groups excluding carboxylic acids is 1. The number of hydrogen-bond donors (Lipinski definition) is 2. The van der Waals surface area contributed by atoms with E-state index in [9.17, 15) is 4.79 Å². The third-order valence-corrected chi connectivity index (χ3v) is 5.28. The largest absolute Gasteiger partial charge is 0.392 e. The van der Waals surface area contributed by atoms with E-state index in [0.29, 0.717) is 17.7 Å². The van der Waals surface area contributed by atoms with Gasteiger partial charge in [0.05, 0.1) is 6.61 Å². The highest BCUT2D eigenvalue weighted by atomic mass is 32.2. The first kappa shape index (κ1) is 16.2. The molecule has 0 bridgehead atoms. The molecular weight excluding hydrogens is 284 g/mol. The summed E-state index contributed by atoms with van der Waals surface area (Å²) in [5.74, 6) is 1.60. The molecule has 1 aromatic rings. The Kier molecular flexibility index (Phi) is 5.94. The Morgan fingerprint density at radius 1 is 1.48 bits per heavy atom. The van der Waals surface area contributed by atoms with Crippen LogP contribution in [0.15, 0.2) is 24.3 Å². The first-order valence-corrected chi connectivity index (χ1v) is 8.48. The number of thioether (sulfide) groups is 1. The molecule has 2 amide bonds. The van der Waals surface area contributed by atoms with Gasteiger partial charge in [0.2, 0.25) is 0 Å². The Bertz CT molecular complexity index is 479. The minimum Gasteiger partial charge on any atom is -0.392 e. The number of nitrogens with zero attached hydrogens (tertiary/aromatic N) is 1. The van der Waals surface area contributed by atoms with E-state index in [1.54, 1.807) is 0 Å². The van der Waals surface area contributed by atoms with Crippen LogP contribution >= 0.6 is 11.8 Å². The molecule has 0 aromatic heterocycles. The quantitative estimate of drug-likeness (QED) is 0.898. The molecule has 5 heteroatoms. The minimum atomic E-state index is 0.00958. The third-order valence-electron chi connectivity index (χ3n) is 3.74. The lowest BCUT2D eigenvalue weighted by Crippen LogP contribution is -2.47. The number of amides is 2. The van der Waals surface area contributed by atoms with Gasteiger partial charge in [-0.05, 0) is 17.0 Å². The second kappa shape index (κ2) is 7.71. The number of hydrogen-bond acceptors (Lipinski definition) is 3. The van der Waals surface area contributed by atoms with Crippen LogP contribution in [-0.4, -0.2) is 40.1 Å². The molecule has 4 nitrogen and oxygen atoms in total. The van der Waals surface area contributed by atoms with Gasteiger partial charge in [0, 0.05) is 30.6 Å². The molecule has 0 unspecified atom stereocenters. The molecule has 2 rings (SSSR count). The fraction of sp³-hybridized carbons (Fsp3) is 0.562. The average molecular weight is 308 g/mol. The monoisotopic (exact) mass is 308 g/mol. The summed E-state index contributed by atoms with van der Waals surface area (Å²) >= 11 is 1.96. The zero-order chi connectivity index (χ0) is 15.2. The van der Waals surface area contributed by atoms with Crippen LogP contribution in [0.5, 0.6) is 0 Å². The Balaban J connectivity index is 1.86. The first-order chi connectivity index (χ1) is 10.1. The maximum Gasteiger partial charge on any atom is 0.317 e. The van der Waals surface area contributed by atoms with Gasteiger partial charge in [-0.15, -0.1) is 0 Å². The fourth-order valence-electron chi connectivity index (χ4n) is 2.39. The highest BCUT2D eigenvalue weighted by Gasteiger charge is 2.25. The summed E-state index contributed by atoms with van der Waals surface area (Å²) in [7, 11) is 0. The SMILES string of the molecule is CC(C)[C@H]1CN(C(=O)NCc2cccc(CO)c2)CCS1. The predicted octanol–water partition coefficient (Wildman–Crippen LogP) is 2.46. The summed E-state index contributed by atoms with van der Waals surface area (Å²) in [4.78, 5) is 14.2. The van der Waals surface area contributed by atoms with Crippen LogP contribution in [0.2, 0.25) is 0 Å². The molecule has 2 N–H and O–H groups in total. The van der Waals surface area contributed by atoms with Crippen molar-refractivity contribution in [3.05, 3.63) is 35.4 Å². The van der Waals surface area contributed by atoms with Crippen molar-refractivity contribution in [2.24, 2.45) is 5.92 Å². The number of nitrogens with one attached hydrogen (secondary N) is 1. The highest BCUT2D eigenvalue weighted by molar-refractivity contribution is 8.00. The fourth-order valence-corrected chi connectivity index (χ4v) is 3.69. The van der Waals surface area contributed by atoms with Crippen LogP contribution in [0.25, 0.3) is 0 Å². The van der Waals surface area contributed by atoms with E-state index in [4.69, 9.17) is 5.11 Å². The van der Waals surface area contributed by atoms with E-state index in [-0.39, 0.29) is 12.6 Å². The second-order valence-corrected chi connectivity index (χ2v) is 7.08. The van der Waals surface area contributed by atoms with Gasteiger partial charge in [-0.2, -0.15) is 11.8 Å². The predicted molar refractivity (Wildman–Crippen MR) is 87.3 cm³/mol. The summed E-state index contributed by atoms with van der Waals surface area (Å²) in [5.41, 5.74) is 1.89. The van der Waals surface area contributed by atoms with Gasteiger partial charge < -0.3 is 15.3 Å². The molecule has 1 atom stereocenters. The molecule has 0 aliphatic carbocycles. The first-order valence-electron chi connectivity index (χ1n) is 7.43. The van der Waals surface area contributed by atoms with E-state index in [1.807, 2.05) is 40.9 Å². The van der Waals surface area contributed by atoms with Crippen molar-refractivity contribution in [2.75, 3.05) is 18.8 Å². The molecule has 116 valence electrons. The van der Waals surface area contributed by atoms with Crippen LogP contribution in [0.3, 0.4) is 0 Å². The van der Waals surface area contributed by atoms with Crippen molar-refractivity contribution in [2.45, 2.75) is 32.2 Å². The smallest absolute Gasteiger partial charge is 0.317 e. The van der Waals surface area contributed by atoms with E-state index in [2.05, 4.69) is 19.2 Å². The number of carbonyl (C=O) groups is 1. The number of urea groups is 1. The van der Waals surface area contributed by atoms with E-state index < -0.39 is 0 Å². The topological polar surface area (TPSA) is 52.6 Å². The van der Waals surface area contributed by atoms with Crippen molar-refractivity contribution in [3.8, 4) is 0 Å². The Morgan fingerprint density at radius 2 is 2.24 bits per heavy atom. The van der Waals surface area contributed by atoms with Gasteiger partial charge >= 0.3 is 6.03 Å². The molecule has 1 saturated heterocycles. The molecule has 1 aromatic carbocycles. The molecule has 0 spiro atoms. The Hall–Kier alpha value is -1.20. The number of benzene rings is 1. The van der Waals surface area contributed by atoms with Gasteiger partial charge in [-0.1, -0.05) is 38.1 Å². The summed E-state index contributed by atoms with van der Waals surface area (Å²) < 4.78 is 0. The van der Waals surface area contributed by atoms with Crippen LogP contribution in [0.4, 0.5) is 4.79 Å². The summed E-state index contributed by atoms with van der Waals surface area (Å²) in [6.07, 6.45) is 0. The minimum absolute atomic E-state index is 0.00958. The van der Waals surface area contributed by atoms with Crippen LogP contribution in [0.1, 0.15) is 25.0 Å². The van der Waals surface area contributed by atoms with Crippen molar-refractivity contribution >= 4 is 17.8 Å². The summed E-state index contributed by atoms with van der Waals surface area (Å²) in [5, 5.41) is 12.6. The molecule has 1 aliphatic rings. The van der Waals surface area contributed by atoms with E-state index in [0.717, 1.165) is 30.0 Å². The van der Waals surface area contributed by atoms with Gasteiger partial charge in [-0.25, -0.2) is 4.79 Å². The maximum absolute atomic E-state index is 12.3. The molecule has 21 heavy (non-hydrogen) atoms. The normalized spacial score (nSPS) is 18.9. The summed E-state index contributed by atoms with van der Waals surface area (Å²) in [6, 6.07) is 7.67. The number of aliphatic hydroxyl groups excluding tert-OH is 1. The Morgan fingerprint density at radius 3 is 2.95 bits per heavy atom. The standard InChI is InChI=1S/C16H24N2O2S/c1-12(2)15-10-18(6-7-21-15)16(20)17-9-13-4-3-5-14(8-13)11-19/h3-5,8,12,15,19H,6-7,9-11H2,1-2H3,(H,17,20)/t15-/m1/s1. The van der Waals surface area contributed by atoms with E-state index in [1.165, 1.54) is 0 Å². The molecule has 0 saturated carbocycles. The van der Waals surface area contributed by atoms with Crippen molar-refractivity contribution in [1.29, 1.82) is 0 Å². The van der Waals surface area contributed by atoms with Crippen molar-refractivity contribution in [3.63, 3.8) is 0 Å². The van der Waals surface area contributed by atoms with Crippen molar-refractivity contribution < 1.29 is 9.90 Å². The lowest BCUT2D eigenvalue weighted by Gasteiger charge is -2.34. The zero-order valence-corrected chi connectivity index (χ0v) is 13.5. The maximum atomic E-state index is 12.3. The highest BCUT2D eigenvalue weighted by Crippen LogP contribution is 2.24. The van der Waals surface area contributed by atoms with E-state index >= 15 is 0 Å². The third kappa shape index (κ3) is 4.64. The van der Waals surface area contributed by atoms with Crippen molar-refractivity contribution in [1.82, 2.24) is 10.2 Å². The van der Waals surface area contributed by atoms with Crippen LogP contribution in [0, 0.1) is 5.92 Å². The molecule has 1 fully saturated rings. The Labute approximate surface area is 130 Å². The molecular formula is C16H24N2O2S. The van der Waals surface area contributed by atoms with Crippen LogP contribution < -0.4 is 5.32 Å². The number of aliphatic hydroxyl groups is 1. The second-order valence-electron chi connectivity index (χ2n) is 5.74. The zero-order valence-electron chi connectivity index (χ0n) is 12.7. The van der Waals surface area contributed by atoms with Gasteiger partial charge in [0.15, 0.2) is 0 Å². The van der Waals surface area contributed by atoms with Crippen LogP contribution in [-0.2, 0) is 13.2 Å². The lowest BCUT2D eigenvalue weighted by molar-refractivity contribution is 0.196. The van der Waals surface area contributed by atoms with Gasteiger partial charge in [0.1, 0.15) is 0 Å². The van der Waals surface area contributed by atoms with Gasteiger partial charge in [0.25, 0.3) is 0 Å². The molecule has 1 aliphatic heterocycles. The molecule has 0 radical (unpaired) electrons. The van der Waals surface area contributed by atoms with Gasteiger partial charge in [-0.3, -0.25) is 0 Å². The molecule has 1 heterocycles. The summed E-state index contributed by atoms with van der Waals surface area (Å²) in [6.45, 7) is 6.59.